The van der Waals surface area contributed by atoms with Crippen LogP contribution in [0.4, 0.5) is 0 Å². The van der Waals surface area contributed by atoms with Crippen molar-refractivity contribution < 1.29 is 0 Å². The summed E-state index contributed by atoms with van der Waals surface area (Å²) in [5.41, 5.74) is 14.5. The average Bonchev–Trinajstić information content (AvgIpc) is 2.64. The summed E-state index contributed by atoms with van der Waals surface area (Å²) in [4.78, 5) is 0. The fraction of sp³-hybridized carbons (Fsp3) is 1.00. The standard InChI is InChI=1S/C36H76N2/c1-25(19-33(5,6)7)29(23-37)17-31(27(3)21-35(11,12)13)32(28(4)22-36(14,15)16)18-30(24-38)26(2)20-34(8,9)10/h25-32H,17-24,37-38H2,1-16H3. The van der Waals surface area contributed by atoms with Gasteiger partial charge in [-0.05, 0) is 121 Å². The van der Waals surface area contributed by atoms with Gasteiger partial charge in [-0.25, -0.2) is 0 Å². The second-order valence-electron chi connectivity index (χ2n) is 18.8. The van der Waals surface area contributed by atoms with Crippen LogP contribution in [0.25, 0.3) is 0 Å². The van der Waals surface area contributed by atoms with Crippen molar-refractivity contribution in [2.45, 2.75) is 149 Å². The minimum Gasteiger partial charge on any atom is -0.330 e. The molecule has 0 rings (SSSR count). The molecular weight excluding hydrogens is 460 g/mol. The molecular formula is C36H76N2. The third-order valence-corrected chi connectivity index (χ3v) is 9.11. The Morgan fingerprint density at radius 1 is 0.395 bits per heavy atom. The van der Waals surface area contributed by atoms with Crippen LogP contribution in [0.3, 0.4) is 0 Å². The highest BCUT2D eigenvalue weighted by Crippen LogP contribution is 2.46. The smallest absolute Gasteiger partial charge is 0.00462 e. The molecule has 0 amide bonds. The predicted molar refractivity (Wildman–Crippen MR) is 174 cm³/mol. The number of hydrogen-bond acceptors (Lipinski definition) is 2. The molecule has 0 aromatic carbocycles. The number of nitrogens with two attached hydrogens (primary N) is 2. The zero-order valence-electron chi connectivity index (χ0n) is 29.4. The maximum atomic E-state index is 6.57. The Balaban J connectivity index is 6.51. The van der Waals surface area contributed by atoms with Crippen molar-refractivity contribution in [3.8, 4) is 0 Å². The van der Waals surface area contributed by atoms with E-state index >= 15 is 0 Å². The number of rotatable bonds is 15. The van der Waals surface area contributed by atoms with Crippen molar-refractivity contribution in [3.63, 3.8) is 0 Å². The van der Waals surface area contributed by atoms with E-state index in [-0.39, 0.29) is 0 Å². The molecule has 0 heterocycles. The summed E-state index contributed by atoms with van der Waals surface area (Å²) in [5.74, 6) is 5.16. The van der Waals surface area contributed by atoms with Gasteiger partial charge in [-0.2, -0.15) is 0 Å². The first-order chi connectivity index (χ1) is 16.9. The fourth-order valence-corrected chi connectivity index (χ4v) is 7.98. The first kappa shape index (κ1) is 37.9. The second-order valence-corrected chi connectivity index (χ2v) is 18.8. The molecule has 2 heteroatoms. The molecule has 0 aromatic heterocycles. The minimum atomic E-state index is 0.331. The monoisotopic (exact) mass is 537 g/mol. The SMILES string of the molecule is CC(CC(C)(C)C)C(CN)CC(C(C)CC(C)(C)C)C(CC(CN)C(C)CC(C)(C)C)C(C)CC(C)(C)C. The van der Waals surface area contributed by atoms with Gasteiger partial charge < -0.3 is 11.5 Å². The third-order valence-electron chi connectivity index (χ3n) is 9.11. The first-order valence-corrected chi connectivity index (χ1v) is 16.3. The molecule has 0 aliphatic rings. The van der Waals surface area contributed by atoms with Crippen molar-refractivity contribution in [2.75, 3.05) is 13.1 Å². The lowest BCUT2D eigenvalue weighted by Gasteiger charge is -2.44. The third kappa shape index (κ3) is 16.2. The molecule has 2 nitrogen and oxygen atoms in total. The Morgan fingerprint density at radius 2 is 0.605 bits per heavy atom. The Labute approximate surface area is 242 Å². The van der Waals surface area contributed by atoms with E-state index < -0.39 is 0 Å². The van der Waals surface area contributed by atoms with Gasteiger partial charge in [0.1, 0.15) is 0 Å². The summed E-state index contributed by atoms with van der Waals surface area (Å²) < 4.78 is 0. The number of hydrogen-bond donors (Lipinski definition) is 2. The van der Waals surface area contributed by atoms with E-state index in [2.05, 4.69) is 111 Å². The Bertz CT molecular complexity index is 568. The summed E-state index contributed by atoms with van der Waals surface area (Å²) in [7, 11) is 0. The lowest BCUT2D eigenvalue weighted by molar-refractivity contribution is 0.0584. The van der Waals surface area contributed by atoms with Gasteiger partial charge in [-0.1, -0.05) is 111 Å². The maximum Gasteiger partial charge on any atom is -0.00462 e. The van der Waals surface area contributed by atoms with Crippen molar-refractivity contribution in [2.24, 2.45) is 80.5 Å². The highest BCUT2D eigenvalue weighted by Gasteiger charge is 2.38. The van der Waals surface area contributed by atoms with Gasteiger partial charge in [-0.15, -0.1) is 0 Å². The Morgan fingerprint density at radius 3 is 0.789 bits per heavy atom. The molecule has 8 unspecified atom stereocenters. The topological polar surface area (TPSA) is 52.0 Å². The van der Waals surface area contributed by atoms with Crippen molar-refractivity contribution in [3.05, 3.63) is 0 Å². The largest absolute Gasteiger partial charge is 0.330 e. The van der Waals surface area contributed by atoms with Crippen LogP contribution in [-0.2, 0) is 0 Å². The molecule has 0 fully saturated rings. The quantitative estimate of drug-likeness (QED) is 0.219. The van der Waals surface area contributed by atoms with Gasteiger partial charge >= 0.3 is 0 Å². The highest BCUT2D eigenvalue weighted by atomic mass is 14.6. The zero-order chi connectivity index (χ0) is 30.3. The van der Waals surface area contributed by atoms with E-state index in [1.807, 2.05) is 0 Å². The van der Waals surface area contributed by atoms with Crippen LogP contribution in [0.1, 0.15) is 149 Å². The van der Waals surface area contributed by atoms with Crippen LogP contribution in [0.5, 0.6) is 0 Å². The van der Waals surface area contributed by atoms with Gasteiger partial charge in [0.25, 0.3) is 0 Å². The van der Waals surface area contributed by atoms with Crippen molar-refractivity contribution >= 4 is 0 Å². The van der Waals surface area contributed by atoms with E-state index in [1.54, 1.807) is 0 Å². The summed E-state index contributed by atoms with van der Waals surface area (Å²) in [6, 6.07) is 0. The zero-order valence-corrected chi connectivity index (χ0v) is 29.4. The summed E-state index contributed by atoms with van der Waals surface area (Å²) >= 11 is 0. The minimum absolute atomic E-state index is 0.331. The van der Waals surface area contributed by atoms with Gasteiger partial charge in [0.2, 0.25) is 0 Å². The molecule has 0 bridgehead atoms. The lowest BCUT2D eigenvalue weighted by Crippen LogP contribution is -2.38. The van der Waals surface area contributed by atoms with Gasteiger partial charge in [0, 0.05) is 0 Å². The van der Waals surface area contributed by atoms with Crippen LogP contribution in [-0.4, -0.2) is 13.1 Å². The predicted octanol–water partition coefficient (Wildman–Crippen LogP) is 10.4. The molecule has 38 heavy (non-hydrogen) atoms. The van der Waals surface area contributed by atoms with E-state index in [4.69, 9.17) is 11.5 Å². The molecule has 0 radical (unpaired) electrons. The van der Waals surface area contributed by atoms with Crippen LogP contribution >= 0.6 is 0 Å². The first-order valence-electron chi connectivity index (χ1n) is 16.3. The Kier molecular flexibility index (Phi) is 15.2. The Hall–Kier alpha value is -0.0800. The normalized spacial score (nSPS) is 20.4. The van der Waals surface area contributed by atoms with Gasteiger partial charge in [0.05, 0.1) is 0 Å². The maximum absolute atomic E-state index is 6.57. The van der Waals surface area contributed by atoms with Crippen LogP contribution in [0.15, 0.2) is 0 Å². The molecule has 0 aliphatic carbocycles. The van der Waals surface area contributed by atoms with E-state index in [9.17, 15) is 0 Å². The molecule has 0 saturated carbocycles. The summed E-state index contributed by atoms with van der Waals surface area (Å²) in [6.45, 7) is 40.5. The molecule has 230 valence electrons. The van der Waals surface area contributed by atoms with E-state index in [0.717, 1.165) is 13.1 Å². The lowest BCUT2D eigenvalue weighted by atomic mass is 9.61. The van der Waals surface area contributed by atoms with Crippen molar-refractivity contribution in [1.82, 2.24) is 0 Å². The summed E-state index contributed by atoms with van der Waals surface area (Å²) in [5, 5.41) is 0. The average molecular weight is 537 g/mol. The second kappa shape index (κ2) is 15.2. The van der Waals surface area contributed by atoms with Crippen LogP contribution in [0, 0.1) is 69.0 Å². The van der Waals surface area contributed by atoms with Gasteiger partial charge in [0.15, 0.2) is 0 Å². The van der Waals surface area contributed by atoms with Crippen LogP contribution in [0.2, 0.25) is 0 Å². The van der Waals surface area contributed by atoms with Crippen molar-refractivity contribution in [1.29, 1.82) is 0 Å². The molecule has 0 aromatic rings. The van der Waals surface area contributed by atoms with Gasteiger partial charge in [-0.3, -0.25) is 0 Å². The fourth-order valence-electron chi connectivity index (χ4n) is 7.98. The molecule has 8 atom stereocenters. The van der Waals surface area contributed by atoms with E-state index in [1.165, 1.54) is 38.5 Å². The van der Waals surface area contributed by atoms with Crippen LogP contribution < -0.4 is 11.5 Å². The molecule has 0 spiro atoms. The molecule has 0 saturated heterocycles. The molecule has 4 N–H and O–H groups in total. The highest BCUT2D eigenvalue weighted by molar-refractivity contribution is 4.89. The molecule has 0 aliphatic heterocycles. The summed E-state index contributed by atoms with van der Waals surface area (Å²) in [6.07, 6.45) is 7.54. The van der Waals surface area contributed by atoms with E-state index in [0.29, 0.717) is 69.0 Å².